The molecule has 0 radical (unpaired) electrons. The van der Waals surface area contributed by atoms with Crippen LogP contribution in [0.4, 0.5) is 0 Å². The summed E-state index contributed by atoms with van der Waals surface area (Å²) in [4.78, 5) is 0. The van der Waals surface area contributed by atoms with Gasteiger partial charge < -0.3 is 0 Å². The van der Waals surface area contributed by atoms with Gasteiger partial charge in [0.1, 0.15) is 0 Å². The topological polar surface area (TPSA) is 0 Å². The molecule has 15 heavy (non-hydrogen) atoms. The molecule has 1 fully saturated rings. The van der Waals surface area contributed by atoms with Crippen molar-refractivity contribution in [2.75, 3.05) is 0 Å². The maximum absolute atomic E-state index is 2.54. The van der Waals surface area contributed by atoms with Crippen LogP contribution in [0.5, 0.6) is 0 Å². The normalized spacial score (nSPS) is 32.1. The highest BCUT2D eigenvalue weighted by Gasteiger charge is 2.34. The van der Waals surface area contributed by atoms with Crippen molar-refractivity contribution >= 4 is 0 Å². The van der Waals surface area contributed by atoms with Crippen molar-refractivity contribution in [3.05, 3.63) is 11.6 Å². The van der Waals surface area contributed by atoms with Crippen LogP contribution in [0.15, 0.2) is 11.6 Å². The van der Waals surface area contributed by atoms with Gasteiger partial charge in [0.05, 0.1) is 0 Å². The highest BCUT2D eigenvalue weighted by Crippen LogP contribution is 2.46. The number of allylic oxidation sites excluding steroid dienone is 2. The lowest BCUT2D eigenvalue weighted by atomic mass is 9.64. The smallest absolute Gasteiger partial charge is 0.0200 e. The molecule has 0 spiro atoms. The zero-order chi connectivity index (χ0) is 10.9. The fourth-order valence-corrected chi connectivity index (χ4v) is 3.38. The van der Waals surface area contributed by atoms with Crippen molar-refractivity contribution < 1.29 is 0 Å². The van der Waals surface area contributed by atoms with E-state index in [9.17, 15) is 0 Å². The Labute approximate surface area is 95.1 Å². The van der Waals surface area contributed by atoms with Crippen molar-refractivity contribution in [3.8, 4) is 0 Å². The van der Waals surface area contributed by atoms with Crippen LogP contribution in [0.2, 0.25) is 0 Å². The number of hydrogen-bond acceptors (Lipinski definition) is 0. The van der Waals surface area contributed by atoms with Crippen LogP contribution in [0.1, 0.15) is 65.7 Å². The fraction of sp³-hybridized carbons (Fsp3) is 0.867. The first kappa shape index (κ1) is 11.2. The van der Waals surface area contributed by atoms with Crippen LogP contribution in [0.3, 0.4) is 0 Å². The maximum atomic E-state index is 2.54. The van der Waals surface area contributed by atoms with Gasteiger partial charge in [-0.1, -0.05) is 38.8 Å². The molecule has 0 aromatic heterocycles. The molecule has 0 nitrogen and oxygen atoms in total. The molecule has 0 heterocycles. The Balaban J connectivity index is 2.03. The molecule has 2 atom stereocenters. The molecular formula is C15H26. The number of fused-ring (bicyclic) bond motifs is 1. The summed E-state index contributed by atoms with van der Waals surface area (Å²) < 4.78 is 0. The highest BCUT2D eigenvalue weighted by molar-refractivity contribution is 5.13. The van der Waals surface area contributed by atoms with Crippen LogP contribution in [0, 0.1) is 17.3 Å². The lowest BCUT2D eigenvalue weighted by Gasteiger charge is -2.42. The van der Waals surface area contributed by atoms with Crippen LogP contribution in [-0.4, -0.2) is 0 Å². The minimum Gasteiger partial charge on any atom is -0.0851 e. The van der Waals surface area contributed by atoms with Crippen LogP contribution in [0.25, 0.3) is 0 Å². The summed E-state index contributed by atoms with van der Waals surface area (Å²) in [6, 6.07) is 0. The molecule has 86 valence electrons. The first-order valence-electron chi connectivity index (χ1n) is 6.82. The Hall–Kier alpha value is -0.260. The van der Waals surface area contributed by atoms with Crippen molar-refractivity contribution in [1.29, 1.82) is 0 Å². The molecule has 0 bridgehead atoms. The molecule has 0 saturated heterocycles. The highest BCUT2D eigenvalue weighted by atomic mass is 14.4. The summed E-state index contributed by atoms with van der Waals surface area (Å²) in [5.41, 5.74) is 2.38. The third kappa shape index (κ3) is 2.29. The second-order valence-electron chi connectivity index (χ2n) is 6.22. The van der Waals surface area contributed by atoms with Crippen molar-refractivity contribution in [1.82, 2.24) is 0 Å². The summed E-state index contributed by atoms with van der Waals surface area (Å²) in [7, 11) is 0. The van der Waals surface area contributed by atoms with Gasteiger partial charge in [-0.15, -0.1) is 0 Å². The van der Waals surface area contributed by atoms with E-state index < -0.39 is 0 Å². The van der Waals surface area contributed by atoms with E-state index in [-0.39, 0.29) is 0 Å². The van der Waals surface area contributed by atoms with E-state index in [0.717, 1.165) is 11.8 Å². The van der Waals surface area contributed by atoms with Crippen LogP contribution in [-0.2, 0) is 0 Å². The van der Waals surface area contributed by atoms with Gasteiger partial charge in [-0.3, -0.25) is 0 Å². The SMILES string of the molecule is CCC(C)(C)C1CCC2=CCCCC2C1. The van der Waals surface area contributed by atoms with Gasteiger partial charge in [-0.25, -0.2) is 0 Å². The van der Waals surface area contributed by atoms with E-state index >= 15 is 0 Å². The predicted octanol–water partition coefficient (Wildman–Crippen LogP) is 4.95. The summed E-state index contributed by atoms with van der Waals surface area (Å²) >= 11 is 0. The van der Waals surface area contributed by atoms with Gasteiger partial charge in [0.2, 0.25) is 0 Å². The molecule has 0 aromatic carbocycles. The molecule has 2 unspecified atom stereocenters. The van der Waals surface area contributed by atoms with Gasteiger partial charge in [-0.05, 0) is 55.8 Å². The van der Waals surface area contributed by atoms with Crippen molar-refractivity contribution in [2.24, 2.45) is 17.3 Å². The Morgan fingerprint density at radius 1 is 1.33 bits per heavy atom. The fourth-order valence-electron chi connectivity index (χ4n) is 3.38. The molecule has 0 heteroatoms. The zero-order valence-corrected chi connectivity index (χ0v) is 10.7. The van der Waals surface area contributed by atoms with E-state index in [4.69, 9.17) is 0 Å². The summed E-state index contributed by atoms with van der Waals surface area (Å²) in [5.74, 6) is 1.94. The van der Waals surface area contributed by atoms with E-state index in [1.165, 1.54) is 44.9 Å². The molecule has 0 aliphatic heterocycles. The second-order valence-corrected chi connectivity index (χ2v) is 6.22. The van der Waals surface area contributed by atoms with Gasteiger partial charge in [0.25, 0.3) is 0 Å². The minimum atomic E-state index is 0.572. The maximum Gasteiger partial charge on any atom is -0.0200 e. The number of rotatable bonds is 2. The average molecular weight is 206 g/mol. The van der Waals surface area contributed by atoms with Gasteiger partial charge in [0, 0.05) is 0 Å². The lowest BCUT2D eigenvalue weighted by molar-refractivity contribution is 0.138. The van der Waals surface area contributed by atoms with Gasteiger partial charge >= 0.3 is 0 Å². The molecule has 2 rings (SSSR count). The Morgan fingerprint density at radius 2 is 2.13 bits per heavy atom. The van der Waals surface area contributed by atoms with E-state index in [2.05, 4.69) is 26.8 Å². The molecule has 2 aliphatic rings. The van der Waals surface area contributed by atoms with Crippen molar-refractivity contribution in [3.63, 3.8) is 0 Å². The molecule has 0 aromatic rings. The van der Waals surface area contributed by atoms with Crippen LogP contribution < -0.4 is 0 Å². The van der Waals surface area contributed by atoms with Gasteiger partial charge in [-0.2, -0.15) is 0 Å². The van der Waals surface area contributed by atoms with E-state index in [1.54, 1.807) is 0 Å². The molecule has 1 saturated carbocycles. The minimum absolute atomic E-state index is 0.572. The van der Waals surface area contributed by atoms with Crippen molar-refractivity contribution in [2.45, 2.75) is 65.7 Å². The predicted molar refractivity (Wildman–Crippen MR) is 66.8 cm³/mol. The molecule has 2 aliphatic carbocycles. The van der Waals surface area contributed by atoms with E-state index in [0.29, 0.717) is 5.41 Å². The Bertz CT molecular complexity index is 247. The molecular weight excluding hydrogens is 180 g/mol. The largest absolute Gasteiger partial charge is 0.0851 e. The summed E-state index contributed by atoms with van der Waals surface area (Å²) in [6.07, 6.45) is 12.5. The third-order valence-corrected chi connectivity index (χ3v) is 5.05. The Morgan fingerprint density at radius 3 is 2.87 bits per heavy atom. The monoisotopic (exact) mass is 206 g/mol. The number of hydrogen-bond donors (Lipinski definition) is 0. The first-order valence-corrected chi connectivity index (χ1v) is 6.82. The first-order chi connectivity index (χ1) is 7.13. The quantitative estimate of drug-likeness (QED) is 0.561. The standard InChI is InChI=1S/C15H26/c1-4-15(2,3)14-10-9-12-7-5-6-8-13(12)11-14/h7,13-14H,4-6,8-11H2,1-3H3. The summed E-state index contributed by atoms with van der Waals surface area (Å²) in [5, 5.41) is 0. The average Bonchev–Trinajstić information content (AvgIpc) is 2.28. The van der Waals surface area contributed by atoms with E-state index in [1.807, 2.05) is 5.57 Å². The lowest BCUT2D eigenvalue weighted by Crippen LogP contribution is -2.30. The van der Waals surface area contributed by atoms with Gasteiger partial charge in [0.15, 0.2) is 0 Å². The second kappa shape index (κ2) is 4.31. The summed E-state index contributed by atoms with van der Waals surface area (Å²) in [6.45, 7) is 7.29. The molecule has 0 amide bonds. The van der Waals surface area contributed by atoms with Crippen LogP contribution >= 0.6 is 0 Å². The molecule has 0 N–H and O–H groups in total. The Kier molecular flexibility index (Phi) is 3.23. The third-order valence-electron chi connectivity index (χ3n) is 5.05. The zero-order valence-electron chi connectivity index (χ0n) is 10.7.